The lowest BCUT2D eigenvalue weighted by atomic mass is 10.2. The molecule has 3 N–H and O–H groups in total. The molecule has 0 amide bonds. The topological polar surface area (TPSA) is 59.6 Å². The average molecular weight is 384 g/mol. The molecule has 0 spiro atoms. The van der Waals surface area contributed by atoms with Gasteiger partial charge in [-0.2, -0.15) is 0 Å². The number of nitrogens with one attached hydrogen (secondary N) is 1. The average Bonchev–Trinajstić information content (AvgIpc) is 2.34. The Morgan fingerprint density at radius 2 is 2.22 bits per heavy atom. The van der Waals surface area contributed by atoms with Crippen molar-refractivity contribution in [3.63, 3.8) is 0 Å². The first kappa shape index (κ1) is 17.3. The Kier molecular flexibility index (Phi) is 8.91. The zero-order chi connectivity index (χ0) is 12.7. The van der Waals surface area contributed by atoms with Crippen LogP contribution in [0, 0.1) is 0 Å². The largest absolute Gasteiger partial charge is 0.495 e. The molecule has 6 heteroatoms. The van der Waals surface area contributed by atoms with Crippen molar-refractivity contribution >= 4 is 41.5 Å². The first-order chi connectivity index (χ1) is 8.17. The molecule has 0 saturated carbocycles. The van der Waals surface area contributed by atoms with E-state index in [2.05, 4.69) is 17.2 Å². The van der Waals surface area contributed by atoms with Gasteiger partial charge in [-0.15, -0.1) is 24.0 Å². The van der Waals surface area contributed by atoms with Crippen LogP contribution in [0.15, 0.2) is 23.2 Å². The van der Waals surface area contributed by atoms with E-state index in [0.717, 1.165) is 18.5 Å². The molecule has 0 bridgehead atoms. The van der Waals surface area contributed by atoms with E-state index in [9.17, 15) is 0 Å². The van der Waals surface area contributed by atoms with Crippen molar-refractivity contribution in [1.82, 2.24) is 5.32 Å². The molecule has 0 unspecified atom stereocenters. The molecule has 4 nitrogen and oxygen atoms in total. The lowest BCUT2D eigenvalue weighted by Crippen LogP contribution is -2.32. The maximum Gasteiger partial charge on any atom is 0.188 e. The maximum absolute atomic E-state index is 6.01. The second-order valence-corrected chi connectivity index (χ2v) is 4.00. The summed E-state index contributed by atoms with van der Waals surface area (Å²) >= 11 is 6.01. The van der Waals surface area contributed by atoms with Crippen molar-refractivity contribution in [3.05, 3.63) is 28.8 Å². The van der Waals surface area contributed by atoms with Gasteiger partial charge >= 0.3 is 0 Å². The lowest BCUT2D eigenvalue weighted by Gasteiger charge is -2.06. The van der Waals surface area contributed by atoms with E-state index in [1.54, 1.807) is 7.11 Å². The fourth-order valence-corrected chi connectivity index (χ4v) is 1.57. The van der Waals surface area contributed by atoms with Crippen LogP contribution in [0.2, 0.25) is 5.02 Å². The molecule has 0 aliphatic rings. The highest BCUT2D eigenvalue weighted by molar-refractivity contribution is 14.0. The van der Waals surface area contributed by atoms with E-state index in [1.807, 2.05) is 18.2 Å². The van der Waals surface area contributed by atoms with E-state index in [-0.39, 0.29) is 24.0 Å². The minimum atomic E-state index is 0. The Hall–Kier alpha value is -0.690. The summed E-state index contributed by atoms with van der Waals surface area (Å²) in [5, 5.41) is 3.59. The number of methoxy groups -OCH3 is 1. The van der Waals surface area contributed by atoms with E-state index in [0.29, 0.717) is 23.3 Å². The molecular formula is C12H19ClIN3O. The van der Waals surface area contributed by atoms with Gasteiger partial charge in [0.2, 0.25) is 0 Å². The number of halogens is 2. The van der Waals surface area contributed by atoms with Crippen molar-refractivity contribution in [2.24, 2.45) is 10.7 Å². The monoisotopic (exact) mass is 383 g/mol. The van der Waals surface area contributed by atoms with Gasteiger partial charge < -0.3 is 15.8 Å². The molecule has 0 aliphatic heterocycles. The maximum atomic E-state index is 6.01. The van der Waals surface area contributed by atoms with Crippen LogP contribution in [0.3, 0.4) is 0 Å². The van der Waals surface area contributed by atoms with Gasteiger partial charge in [0.25, 0.3) is 0 Å². The van der Waals surface area contributed by atoms with Crippen molar-refractivity contribution in [2.75, 3.05) is 13.7 Å². The van der Waals surface area contributed by atoms with Gasteiger partial charge in [0, 0.05) is 6.54 Å². The smallest absolute Gasteiger partial charge is 0.188 e. The van der Waals surface area contributed by atoms with Crippen LogP contribution in [0.1, 0.15) is 18.9 Å². The van der Waals surface area contributed by atoms with E-state index in [1.165, 1.54) is 0 Å². The van der Waals surface area contributed by atoms with Crippen LogP contribution in [0.25, 0.3) is 0 Å². The van der Waals surface area contributed by atoms with Crippen LogP contribution in [-0.2, 0) is 6.54 Å². The third-order valence-electron chi connectivity index (χ3n) is 2.20. The number of hydrogen-bond donors (Lipinski definition) is 2. The fraction of sp³-hybridized carbons (Fsp3) is 0.417. The predicted molar refractivity (Wildman–Crippen MR) is 87.0 cm³/mol. The Balaban J connectivity index is 0.00000289. The number of guanidine groups is 1. The summed E-state index contributed by atoms with van der Waals surface area (Å²) < 4.78 is 5.07. The molecule has 0 fully saturated rings. The summed E-state index contributed by atoms with van der Waals surface area (Å²) in [5.41, 5.74) is 6.68. The van der Waals surface area contributed by atoms with Gasteiger partial charge in [-0.3, -0.25) is 0 Å². The molecule has 18 heavy (non-hydrogen) atoms. The predicted octanol–water partition coefficient (Wildman–Crippen LogP) is 2.78. The first-order valence-electron chi connectivity index (χ1n) is 5.53. The number of aliphatic imine (C=N–C) groups is 1. The molecule has 1 aromatic rings. The molecule has 1 aromatic carbocycles. The second-order valence-electron chi connectivity index (χ2n) is 3.60. The number of nitrogens with zero attached hydrogens (tertiary/aromatic N) is 1. The SMILES string of the molecule is CCCNC(N)=NCc1ccc(OC)c(Cl)c1.I. The highest BCUT2D eigenvalue weighted by Gasteiger charge is 2.01. The van der Waals surface area contributed by atoms with Gasteiger partial charge in [-0.05, 0) is 24.1 Å². The molecule has 0 radical (unpaired) electrons. The number of hydrogen-bond acceptors (Lipinski definition) is 2. The second kappa shape index (κ2) is 9.27. The summed E-state index contributed by atoms with van der Waals surface area (Å²) in [7, 11) is 1.59. The summed E-state index contributed by atoms with van der Waals surface area (Å²) in [6.07, 6.45) is 1.02. The number of rotatable bonds is 5. The molecule has 0 aliphatic carbocycles. The molecule has 0 heterocycles. The zero-order valence-corrected chi connectivity index (χ0v) is 13.7. The molecular weight excluding hydrogens is 365 g/mol. The van der Waals surface area contributed by atoms with E-state index >= 15 is 0 Å². The van der Waals surface area contributed by atoms with Crippen molar-refractivity contribution in [2.45, 2.75) is 19.9 Å². The first-order valence-corrected chi connectivity index (χ1v) is 5.91. The quantitative estimate of drug-likeness (QED) is 0.467. The van der Waals surface area contributed by atoms with Gasteiger partial charge in [-0.1, -0.05) is 24.6 Å². The third kappa shape index (κ3) is 5.77. The van der Waals surface area contributed by atoms with Crippen LogP contribution in [0.4, 0.5) is 0 Å². The Labute approximate surface area is 130 Å². The third-order valence-corrected chi connectivity index (χ3v) is 2.50. The number of ether oxygens (including phenoxy) is 1. The van der Waals surface area contributed by atoms with Crippen LogP contribution in [0.5, 0.6) is 5.75 Å². The molecule has 1 rings (SSSR count). The van der Waals surface area contributed by atoms with Crippen molar-refractivity contribution < 1.29 is 4.74 Å². The summed E-state index contributed by atoms with van der Waals surface area (Å²) in [5.74, 6) is 1.12. The lowest BCUT2D eigenvalue weighted by molar-refractivity contribution is 0.415. The molecule has 0 aromatic heterocycles. The van der Waals surface area contributed by atoms with Crippen LogP contribution in [-0.4, -0.2) is 19.6 Å². The number of nitrogens with two attached hydrogens (primary N) is 1. The minimum Gasteiger partial charge on any atom is -0.495 e. The zero-order valence-electron chi connectivity index (χ0n) is 10.6. The van der Waals surface area contributed by atoms with Gasteiger partial charge in [0.1, 0.15) is 5.75 Å². The Bertz CT molecular complexity index is 399. The van der Waals surface area contributed by atoms with E-state index < -0.39 is 0 Å². The summed E-state index contributed by atoms with van der Waals surface area (Å²) in [4.78, 5) is 4.21. The van der Waals surface area contributed by atoms with Gasteiger partial charge in [-0.25, -0.2) is 4.99 Å². The molecule has 0 saturated heterocycles. The number of benzene rings is 1. The minimum absolute atomic E-state index is 0. The van der Waals surface area contributed by atoms with Gasteiger partial charge in [0.15, 0.2) is 5.96 Å². The molecule has 0 atom stereocenters. The Morgan fingerprint density at radius 3 is 2.78 bits per heavy atom. The highest BCUT2D eigenvalue weighted by Crippen LogP contribution is 2.25. The van der Waals surface area contributed by atoms with Crippen LogP contribution >= 0.6 is 35.6 Å². The summed E-state index contributed by atoms with van der Waals surface area (Å²) in [6.45, 7) is 3.41. The van der Waals surface area contributed by atoms with Crippen LogP contribution < -0.4 is 15.8 Å². The normalized spacial score (nSPS) is 10.7. The van der Waals surface area contributed by atoms with Gasteiger partial charge in [0.05, 0.1) is 18.7 Å². The molecule has 102 valence electrons. The van der Waals surface area contributed by atoms with Crippen molar-refractivity contribution in [1.29, 1.82) is 0 Å². The van der Waals surface area contributed by atoms with E-state index in [4.69, 9.17) is 22.1 Å². The Morgan fingerprint density at radius 1 is 1.50 bits per heavy atom. The highest BCUT2D eigenvalue weighted by atomic mass is 127. The fourth-order valence-electron chi connectivity index (χ4n) is 1.29. The van der Waals surface area contributed by atoms with Crippen molar-refractivity contribution in [3.8, 4) is 5.75 Å². The standard InChI is InChI=1S/C12H18ClN3O.HI/c1-3-6-15-12(14)16-8-9-4-5-11(17-2)10(13)7-9;/h4-5,7H,3,6,8H2,1-2H3,(H3,14,15,16);1H. The summed E-state index contributed by atoms with van der Waals surface area (Å²) in [6, 6.07) is 5.57.